The van der Waals surface area contributed by atoms with Gasteiger partial charge in [-0.15, -0.1) is 0 Å². The van der Waals surface area contributed by atoms with Crippen LogP contribution in [0, 0.1) is 11.3 Å². The molecule has 0 aromatic carbocycles. The summed E-state index contributed by atoms with van der Waals surface area (Å²) >= 11 is 0. The molecule has 2 aliphatic carbocycles. The largest absolute Gasteiger partial charge is 0.370 e. The summed E-state index contributed by atoms with van der Waals surface area (Å²) in [6, 6.07) is 0. The maximum Gasteiger partial charge on any atom is 0.191 e. The summed E-state index contributed by atoms with van der Waals surface area (Å²) in [5, 5.41) is 0. The van der Waals surface area contributed by atoms with E-state index in [9.17, 15) is 0 Å². The van der Waals surface area contributed by atoms with Gasteiger partial charge in [0.05, 0.1) is 0 Å². The molecule has 90 valence electrons. The lowest BCUT2D eigenvalue weighted by molar-refractivity contribution is 0.428. The predicted molar refractivity (Wildman–Crippen MR) is 66.3 cm³/mol. The van der Waals surface area contributed by atoms with E-state index in [4.69, 9.17) is 5.73 Å². The monoisotopic (exact) mass is 221 g/mol. The van der Waals surface area contributed by atoms with E-state index in [1.165, 1.54) is 44.9 Å². The van der Waals surface area contributed by atoms with Crippen molar-refractivity contribution in [3.05, 3.63) is 0 Å². The fraction of sp³-hybridized carbons (Fsp3) is 0.923. The molecule has 3 fully saturated rings. The van der Waals surface area contributed by atoms with Gasteiger partial charge in [0.2, 0.25) is 0 Å². The number of guanidine groups is 1. The van der Waals surface area contributed by atoms with Gasteiger partial charge in [-0.3, -0.25) is 4.99 Å². The summed E-state index contributed by atoms with van der Waals surface area (Å²) in [6.45, 7) is 3.22. The first-order valence-electron chi connectivity index (χ1n) is 6.85. The Morgan fingerprint density at radius 2 is 1.88 bits per heavy atom. The van der Waals surface area contributed by atoms with Crippen LogP contribution in [0.4, 0.5) is 0 Å². The Balaban J connectivity index is 1.50. The van der Waals surface area contributed by atoms with E-state index in [0.29, 0.717) is 0 Å². The molecule has 0 bridgehead atoms. The second-order valence-electron chi connectivity index (χ2n) is 5.86. The maximum absolute atomic E-state index is 6.08. The van der Waals surface area contributed by atoms with E-state index in [0.717, 1.165) is 36.9 Å². The molecule has 3 rings (SSSR count). The van der Waals surface area contributed by atoms with Gasteiger partial charge in [0.15, 0.2) is 5.96 Å². The molecular formula is C13H23N3. The van der Waals surface area contributed by atoms with Gasteiger partial charge in [-0.05, 0) is 43.4 Å². The Kier molecular flexibility index (Phi) is 2.56. The molecule has 1 saturated heterocycles. The van der Waals surface area contributed by atoms with Crippen molar-refractivity contribution >= 4 is 5.96 Å². The molecule has 2 N–H and O–H groups in total. The van der Waals surface area contributed by atoms with Crippen LogP contribution in [-0.4, -0.2) is 30.5 Å². The number of hydrogen-bond acceptors (Lipinski definition) is 1. The zero-order valence-electron chi connectivity index (χ0n) is 10.1. The Morgan fingerprint density at radius 3 is 2.44 bits per heavy atom. The molecule has 3 heteroatoms. The minimum Gasteiger partial charge on any atom is -0.370 e. The first kappa shape index (κ1) is 10.4. The van der Waals surface area contributed by atoms with Crippen LogP contribution in [0.5, 0.6) is 0 Å². The molecule has 1 atom stereocenters. The summed E-state index contributed by atoms with van der Waals surface area (Å²) in [7, 11) is 0. The number of likely N-dealkylation sites (tertiary alicyclic amines) is 1. The van der Waals surface area contributed by atoms with Crippen LogP contribution in [-0.2, 0) is 0 Å². The lowest BCUT2D eigenvalue weighted by atomic mass is 10.2. The van der Waals surface area contributed by atoms with Gasteiger partial charge in [-0.1, -0.05) is 12.8 Å². The third-order valence-electron chi connectivity index (χ3n) is 4.65. The van der Waals surface area contributed by atoms with E-state index >= 15 is 0 Å². The Labute approximate surface area is 98.1 Å². The molecule has 2 saturated carbocycles. The molecule has 0 aromatic heterocycles. The highest BCUT2D eigenvalue weighted by Crippen LogP contribution is 2.70. The summed E-state index contributed by atoms with van der Waals surface area (Å²) in [5.74, 6) is 1.68. The quantitative estimate of drug-likeness (QED) is 0.572. The van der Waals surface area contributed by atoms with Gasteiger partial charge in [0, 0.05) is 19.6 Å². The molecule has 1 heterocycles. The Bertz CT molecular complexity index is 286. The van der Waals surface area contributed by atoms with Crippen molar-refractivity contribution in [2.45, 2.75) is 44.9 Å². The van der Waals surface area contributed by atoms with Crippen LogP contribution < -0.4 is 5.73 Å². The van der Waals surface area contributed by atoms with E-state index < -0.39 is 0 Å². The first-order chi connectivity index (χ1) is 7.80. The molecular weight excluding hydrogens is 198 g/mol. The minimum absolute atomic E-state index is 0.766. The second-order valence-corrected chi connectivity index (χ2v) is 5.86. The van der Waals surface area contributed by atoms with Gasteiger partial charge >= 0.3 is 0 Å². The van der Waals surface area contributed by atoms with Crippen molar-refractivity contribution in [1.82, 2.24) is 4.90 Å². The first-order valence-corrected chi connectivity index (χ1v) is 6.85. The zero-order chi connectivity index (χ0) is 11.0. The highest BCUT2D eigenvalue weighted by atomic mass is 15.2. The second kappa shape index (κ2) is 3.94. The number of nitrogens with two attached hydrogens (primary N) is 1. The van der Waals surface area contributed by atoms with Crippen molar-refractivity contribution in [2.75, 3.05) is 19.6 Å². The van der Waals surface area contributed by atoms with E-state index in [2.05, 4.69) is 9.89 Å². The smallest absolute Gasteiger partial charge is 0.191 e. The molecule has 0 amide bonds. The lowest BCUT2D eigenvalue weighted by Crippen LogP contribution is -2.38. The third kappa shape index (κ3) is 2.04. The highest BCUT2D eigenvalue weighted by molar-refractivity contribution is 5.78. The SMILES string of the molecule is NC(=NCC1CC12CC2)N1CCCCCC1. The number of hydrogen-bond donors (Lipinski definition) is 1. The molecule has 1 aliphatic heterocycles. The number of aliphatic imine (C=N–C) groups is 1. The van der Waals surface area contributed by atoms with E-state index in [1.807, 2.05) is 0 Å². The summed E-state index contributed by atoms with van der Waals surface area (Å²) in [6.07, 6.45) is 9.61. The van der Waals surface area contributed by atoms with Crippen LogP contribution >= 0.6 is 0 Å². The minimum atomic E-state index is 0.766. The fourth-order valence-corrected chi connectivity index (χ4v) is 3.07. The molecule has 0 radical (unpaired) electrons. The molecule has 3 aliphatic rings. The number of rotatable bonds is 2. The van der Waals surface area contributed by atoms with Gasteiger partial charge < -0.3 is 10.6 Å². The van der Waals surface area contributed by atoms with Crippen molar-refractivity contribution < 1.29 is 0 Å². The lowest BCUT2D eigenvalue weighted by Gasteiger charge is -2.21. The topological polar surface area (TPSA) is 41.6 Å². The van der Waals surface area contributed by atoms with Crippen molar-refractivity contribution in [3.63, 3.8) is 0 Å². The predicted octanol–water partition coefficient (Wildman–Crippen LogP) is 1.98. The van der Waals surface area contributed by atoms with Crippen LogP contribution in [0.15, 0.2) is 4.99 Å². The molecule has 0 aromatic rings. The van der Waals surface area contributed by atoms with Gasteiger partial charge in [0.1, 0.15) is 0 Å². The average molecular weight is 221 g/mol. The van der Waals surface area contributed by atoms with E-state index in [1.54, 1.807) is 0 Å². The third-order valence-corrected chi connectivity index (χ3v) is 4.65. The summed E-state index contributed by atoms with van der Waals surface area (Å²) in [4.78, 5) is 6.89. The van der Waals surface area contributed by atoms with Crippen LogP contribution in [0.25, 0.3) is 0 Å². The number of nitrogens with zero attached hydrogens (tertiary/aromatic N) is 2. The standard InChI is InChI=1S/C13H23N3/c14-12(16-7-3-1-2-4-8-16)15-10-11-9-13(11)5-6-13/h11H,1-10H2,(H2,14,15). The van der Waals surface area contributed by atoms with E-state index in [-0.39, 0.29) is 0 Å². The molecule has 1 spiro atoms. The average Bonchev–Trinajstić information content (AvgIpc) is 3.17. The normalized spacial score (nSPS) is 32.6. The van der Waals surface area contributed by atoms with Gasteiger partial charge in [-0.2, -0.15) is 0 Å². The molecule has 1 unspecified atom stereocenters. The highest BCUT2D eigenvalue weighted by Gasteiger charge is 2.62. The van der Waals surface area contributed by atoms with Crippen LogP contribution in [0.2, 0.25) is 0 Å². The van der Waals surface area contributed by atoms with Crippen molar-refractivity contribution in [3.8, 4) is 0 Å². The van der Waals surface area contributed by atoms with Crippen molar-refractivity contribution in [2.24, 2.45) is 22.1 Å². The molecule has 3 nitrogen and oxygen atoms in total. The summed E-state index contributed by atoms with van der Waals surface area (Å²) in [5.41, 5.74) is 6.85. The fourth-order valence-electron chi connectivity index (χ4n) is 3.07. The Morgan fingerprint density at radius 1 is 1.19 bits per heavy atom. The Hall–Kier alpha value is -0.730. The van der Waals surface area contributed by atoms with Crippen LogP contribution in [0.3, 0.4) is 0 Å². The van der Waals surface area contributed by atoms with Crippen molar-refractivity contribution in [1.29, 1.82) is 0 Å². The van der Waals surface area contributed by atoms with Gasteiger partial charge in [0.25, 0.3) is 0 Å². The zero-order valence-corrected chi connectivity index (χ0v) is 10.1. The maximum atomic E-state index is 6.08. The van der Waals surface area contributed by atoms with Crippen LogP contribution in [0.1, 0.15) is 44.9 Å². The molecule has 16 heavy (non-hydrogen) atoms. The summed E-state index contributed by atoms with van der Waals surface area (Å²) < 4.78 is 0. The van der Waals surface area contributed by atoms with Gasteiger partial charge in [-0.25, -0.2) is 0 Å².